The van der Waals surface area contributed by atoms with Crippen molar-refractivity contribution in [1.82, 2.24) is 0 Å². The first-order chi connectivity index (χ1) is 10.1. The highest BCUT2D eigenvalue weighted by Gasteiger charge is 2.07. The average Bonchev–Trinajstić information content (AvgIpc) is 2.50. The fraction of sp³-hybridized carbons (Fsp3) is 0.389. The number of hydrogen-bond acceptors (Lipinski definition) is 3. The van der Waals surface area contributed by atoms with Gasteiger partial charge in [0.1, 0.15) is 18.1 Å². The van der Waals surface area contributed by atoms with Gasteiger partial charge >= 0.3 is 0 Å². The Morgan fingerprint density at radius 2 is 1.95 bits per heavy atom. The molecule has 1 aliphatic rings. The molecule has 0 aromatic heterocycles. The molecule has 0 amide bonds. The highest BCUT2D eigenvalue weighted by atomic mass is 16.5. The quantitative estimate of drug-likeness (QED) is 0.759. The molecule has 112 valence electrons. The average molecular weight is 286 g/mol. The van der Waals surface area contributed by atoms with Crippen LogP contribution in [0.25, 0.3) is 0 Å². The standard InChI is InChI=1S/C18H22O3/c1-14(2)18(19)13-20-12-15-8-10-17(11-9-15)21-16-6-4-3-5-7-16/h4,6-11,14H,3,5,12-13H2,1-2H3. The molecular weight excluding hydrogens is 264 g/mol. The van der Waals surface area contributed by atoms with E-state index in [2.05, 4.69) is 12.2 Å². The predicted octanol–water partition coefficient (Wildman–Crippen LogP) is 4.04. The van der Waals surface area contributed by atoms with E-state index in [1.807, 2.05) is 44.2 Å². The Bertz CT molecular complexity index is 524. The Kier molecular flexibility index (Phi) is 5.76. The maximum atomic E-state index is 11.5. The number of rotatable bonds is 7. The summed E-state index contributed by atoms with van der Waals surface area (Å²) in [6.07, 6.45) is 8.32. The first-order valence-corrected chi connectivity index (χ1v) is 7.39. The van der Waals surface area contributed by atoms with Gasteiger partial charge in [-0.15, -0.1) is 0 Å². The zero-order chi connectivity index (χ0) is 15.1. The van der Waals surface area contributed by atoms with E-state index in [-0.39, 0.29) is 18.3 Å². The van der Waals surface area contributed by atoms with Gasteiger partial charge in [0.25, 0.3) is 0 Å². The van der Waals surface area contributed by atoms with Crippen LogP contribution in [0.3, 0.4) is 0 Å². The van der Waals surface area contributed by atoms with Crippen molar-refractivity contribution in [1.29, 1.82) is 0 Å². The molecule has 21 heavy (non-hydrogen) atoms. The summed E-state index contributed by atoms with van der Waals surface area (Å²) in [4.78, 5) is 11.5. The molecule has 0 fully saturated rings. The molecule has 0 aliphatic heterocycles. The molecular formula is C18H22O3. The molecule has 2 rings (SSSR count). The molecule has 0 spiro atoms. The molecule has 0 radical (unpaired) electrons. The second-order valence-corrected chi connectivity index (χ2v) is 5.45. The first kappa shape index (κ1) is 15.5. The first-order valence-electron chi connectivity index (χ1n) is 7.39. The monoisotopic (exact) mass is 286 g/mol. The van der Waals surface area contributed by atoms with Gasteiger partial charge in [0.2, 0.25) is 0 Å². The van der Waals surface area contributed by atoms with Crippen molar-refractivity contribution in [2.45, 2.75) is 33.3 Å². The predicted molar refractivity (Wildman–Crippen MR) is 83.0 cm³/mol. The normalized spacial score (nSPS) is 14.1. The van der Waals surface area contributed by atoms with Gasteiger partial charge < -0.3 is 9.47 Å². The Balaban J connectivity index is 1.80. The minimum Gasteiger partial charge on any atom is -0.458 e. The van der Waals surface area contributed by atoms with Gasteiger partial charge in [0.05, 0.1) is 6.61 Å². The smallest absolute Gasteiger partial charge is 0.160 e. The number of hydrogen-bond donors (Lipinski definition) is 0. The van der Waals surface area contributed by atoms with Gasteiger partial charge in [-0.3, -0.25) is 4.79 Å². The molecule has 3 heteroatoms. The molecule has 0 atom stereocenters. The summed E-state index contributed by atoms with van der Waals surface area (Å²) in [5.74, 6) is 1.87. The highest BCUT2D eigenvalue weighted by Crippen LogP contribution is 2.18. The van der Waals surface area contributed by atoms with E-state index < -0.39 is 0 Å². The van der Waals surface area contributed by atoms with Gasteiger partial charge in [-0.25, -0.2) is 0 Å². The van der Waals surface area contributed by atoms with E-state index >= 15 is 0 Å². The Morgan fingerprint density at radius 3 is 2.57 bits per heavy atom. The molecule has 0 bridgehead atoms. The summed E-state index contributed by atoms with van der Waals surface area (Å²) < 4.78 is 11.2. The molecule has 0 unspecified atom stereocenters. The maximum Gasteiger partial charge on any atom is 0.160 e. The minimum absolute atomic E-state index is 0.0256. The molecule has 3 nitrogen and oxygen atoms in total. The van der Waals surface area contributed by atoms with E-state index in [4.69, 9.17) is 9.47 Å². The van der Waals surface area contributed by atoms with Crippen LogP contribution in [-0.4, -0.2) is 12.4 Å². The number of Topliss-reactive ketones (excluding diaryl/α,β-unsaturated/α-hetero) is 1. The molecule has 0 N–H and O–H groups in total. The summed E-state index contributed by atoms with van der Waals surface area (Å²) in [5, 5.41) is 0. The Morgan fingerprint density at radius 1 is 1.19 bits per heavy atom. The fourth-order valence-corrected chi connectivity index (χ4v) is 1.89. The third-order valence-electron chi connectivity index (χ3n) is 3.28. The zero-order valence-corrected chi connectivity index (χ0v) is 12.7. The van der Waals surface area contributed by atoms with Crippen molar-refractivity contribution in [3.63, 3.8) is 0 Å². The van der Waals surface area contributed by atoms with E-state index in [1.165, 1.54) is 0 Å². The largest absolute Gasteiger partial charge is 0.458 e. The van der Waals surface area contributed by atoms with Crippen molar-refractivity contribution in [3.05, 3.63) is 53.8 Å². The van der Waals surface area contributed by atoms with Gasteiger partial charge in [0, 0.05) is 5.92 Å². The van der Waals surface area contributed by atoms with Crippen LogP contribution < -0.4 is 4.74 Å². The third kappa shape index (κ3) is 5.20. The SMILES string of the molecule is CC(C)C(=O)COCc1ccc(OC2=CCCC=C2)cc1. The molecule has 0 heterocycles. The van der Waals surface area contributed by atoms with Crippen molar-refractivity contribution >= 4 is 5.78 Å². The lowest BCUT2D eigenvalue weighted by Gasteiger charge is -2.10. The topological polar surface area (TPSA) is 35.5 Å². The van der Waals surface area contributed by atoms with E-state index in [9.17, 15) is 4.79 Å². The van der Waals surface area contributed by atoms with Crippen molar-refractivity contribution in [3.8, 4) is 5.75 Å². The lowest BCUT2D eigenvalue weighted by atomic mass is 10.1. The van der Waals surface area contributed by atoms with E-state index in [1.54, 1.807) is 0 Å². The number of allylic oxidation sites excluding steroid dienone is 3. The third-order valence-corrected chi connectivity index (χ3v) is 3.28. The van der Waals surface area contributed by atoms with Crippen LogP contribution >= 0.6 is 0 Å². The number of ether oxygens (including phenoxy) is 2. The van der Waals surface area contributed by atoms with Crippen LogP contribution in [0.15, 0.2) is 48.3 Å². The van der Waals surface area contributed by atoms with E-state index in [0.717, 1.165) is 29.9 Å². The molecule has 1 aromatic carbocycles. The number of ketones is 1. The van der Waals surface area contributed by atoms with Crippen LogP contribution in [-0.2, 0) is 16.1 Å². The van der Waals surface area contributed by atoms with E-state index in [0.29, 0.717) is 6.61 Å². The number of carbonyl (C=O) groups excluding carboxylic acids is 1. The zero-order valence-electron chi connectivity index (χ0n) is 12.7. The minimum atomic E-state index is 0.0256. The fourth-order valence-electron chi connectivity index (χ4n) is 1.89. The van der Waals surface area contributed by atoms with Crippen LogP contribution in [0, 0.1) is 5.92 Å². The van der Waals surface area contributed by atoms with Crippen molar-refractivity contribution < 1.29 is 14.3 Å². The van der Waals surface area contributed by atoms with Crippen molar-refractivity contribution in [2.75, 3.05) is 6.61 Å². The second-order valence-electron chi connectivity index (χ2n) is 5.45. The molecule has 0 saturated heterocycles. The highest BCUT2D eigenvalue weighted by molar-refractivity contribution is 5.81. The van der Waals surface area contributed by atoms with Crippen LogP contribution in [0.4, 0.5) is 0 Å². The molecule has 1 aromatic rings. The van der Waals surface area contributed by atoms with Crippen LogP contribution in [0.5, 0.6) is 5.75 Å². The summed E-state index contributed by atoms with van der Waals surface area (Å²) in [6.45, 7) is 4.38. The van der Waals surface area contributed by atoms with Gasteiger partial charge in [-0.1, -0.05) is 32.1 Å². The Labute approximate surface area is 126 Å². The van der Waals surface area contributed by atoms with Gasteiger partial charge in [-0.2, -0.15) is 0 Å². The van der Waals surface area contributed by atoms with Crippen LogP contribution in [0.2, 0.25) is 0 Å². The summed E-state index contributed by atoms with van der Waals surface area (Å²) in [5.41, 5.74) is 1.03. The summed E-state index contributed by atoms with van der Waals surface area (Å²) in [6, 6.07) is 7.77. The maximum absolute atomic E-state index is 11.5. The van der Waals surface area contributed by atoms with Gasteiger partial charge in [-0.05, 0) is 42.7 Å². The molecule has 0 saturated carbocycles. The lowest BCUT2D eigenvalue weighted by Crippen LogP contribution is -2.14. The number of benzene rings is 1. The summed E-state index contributed by atoms with van der Waals surface area (Å²) in [7, 11) is 0. The Hall–Kier alpha value is -1.87. The van der Waals surface area contributed by atoms with Crippen LogP contribution in [0.1, 0.15) is 32.3 Å². The van der Waals surface area contributed by atoms with Crippen molar-refractivity contribution in [2.24, 2.45) is 5.92 Å². The number of carbonyl (C=O) groups is 1. The second kappa shape index (κ2) is 7.79. The van der Waals surface area contributed by atoms with Gasteiger partial charge in [0.15, 0.2) is 5.78 Å². The molecule has 1 aliphatic carbocycles. The lowest BCUT2D eigenvalue weighted by molar-refractivity contribution is -0.126. The summed E-state index contributed by atoms with van der Waals surface area (Å²) >= 11 is 0.